The van der Waals surface area contributed by atoms with E-state index in [2.05, 4.69) is 55.4 Å². The maximum Gasteiger partial charge on any atom is 0.258 e. The molecule has 1 saturated heterocycles. The first kappa shape index (κ1) is 13.1. The Bertz CT molecular complexity index is 582. The van der Waals surface area contributed by atoms with Gasteiger partial charge in [0.15, 0.2) is 0 Å². The summed E-state index contributed by atoms with van der Waals surface area (Å²) in [5, 5.41) is 0. The smallest absolute Gasteiger partial charge is 0.258 e. The molecule has 3 nitrogen and oxygen atoms in total. The normalized spacial score (nSPS) is 18.1. The predicted molar refractivity (Wildman–Crippen MR) is 81.6 cm³/mol. The van der Waals surface area contributed by atoms with E-state index >= 15 is 0 Å². The lowest BCUT2D eigenvalue weighted by Gasteiger charge is -2.16. The molecule has 104 valence electrons. The van der Waals surface area contributed by atoms with Gasteiger partial charge in [0, 0.05) is 17.8 Å². The summed E-state index contributed by atoms with van der Waals surface area (Å²) >= 11 is 0. The molecule has 0 radical (unpaired) electrons. The second-order valence-electron chi connectivity index (χ2n) is 5.72. The van der Waals surface area contributed by atoms with Gasteiger partial charge in [0.1, 0.15) is 0 Å². The van der Waals surface area contributed by atoms with Gasteiger partial charge in [-0.05, 0) is 50.2 Å². The number of anilines is 1. The summed E-state index contributed by atoms with van der Waals surface area (Å²) in [4.78, 5) is 16.4. The first-order valence-corrected chi connectivity index (χ1v) is 7.10. The molecule has 1 amide bonds. The van der Waals surface area contributed by atoms with Crippen molar-refractivity contribution in [1.82, 2.24) is 4.90 Å². The number of amides is 1. The number of fused-ring (bicyclic) bond motifs is 1. The summed E-state index contributed by atoms with van der Waals surface area (Å²) in [6.45, 7) is 1.64. The molecule has 0 N–H and O–H groups in total. The van der Waals surface area contributed by atoms with Crippen molar-refractivity contribution in [3.63, 3.8) is 0 Å². The van der Waals surface area contributed by atoms with Gasteiger partial charge in [-0.1, -0.05) is 24.3 Å². The van der Waals surface area contributed by atoms with Gasteiger partial charge in [0.05, 0.1) is 6.54 Å². The number of rotatable bonds is 3. The van der Waals surface area contributed by atoms with Gasteiger partial charge in [-0.15, -0.1) is 0 Å². The van der Waals surface area contributed by atoms with Crippen LogP contribution in [0.4, 0.5) is 5.69 Å². The van der Waals surface area contributed by atoms with Crippen molar-refractivity contribution in [1.29, 1.82) is 0 Å². The van der Waals surface area contributed by atoms with Crippen LogP contribution in [0.1, 0.15) is 18.4 Å². The summed E-state index contributed by atoms with van der Waals surface area (Å²) in [5.41, 5.74) is 4.36. The Labute approximate surface area is 120 Å². The molecule has 3 heteroatoms. The van der Waals surface area contributed by atoms with Crippen LogP contribution in [-0.2, 0) is 11.3 Å². The summed E-state index contributed by atoms with van der Waals surface area (Å²) in [6.07, 6.45) is 6.33. The zero-order valence-electron chi connectivity index (χ0n) is 12.1. The van der Waals surface area contributed by atoms with Crippen LogP contribution in [0.15, 0.2) is 47.6 Å². The minimum absolute atomic E-state index is 0.149. The summed E-state index contributed by atoms with van der Waals surface area (Å²) in [5.74, 6) is 0.149. The molecule has 0 spiro atoms. The summed E-state index contributed by atoms with van der Waals surface area (Å²) in [6, 6.07) is 8.31. The Hall–Kier alpha value is -1.87. The largest absolute Gasteiger partial charge is 0.305 e. The van der Waals surface area contributed by atoms with E-state index in [1.165, 1.54) is 11.1 Å². The number of carbonyl (C=O) groups is 1. The fourth-order valence-corrected chi connectivity index (χ4v) is 2.84. The fraction of sp³-hybridized carbons (Fsp3) is 0.353. The highest BCUT2D eigenvalue weighted by molar-refractivity contribution is 6.12. The number of allylic oxidation sites excluding steroid dienone is 2. The van der Waals surface area contributed by atoms with Gasteiger partial charge in [-0.2, -0.15) is 0 Å². The Balaban J connectivity index is 1.82. The van der Waals surface area contributed by atoms with Gasteiger partial charge in [0.2, 0.25) is 0 Å². The van der Waals surface area contributed by atoms with Crippen LogP contribution in [0, 0.1) is 0 Å². The van der Waals surface area contributed by atoms with Crippen molar-refractivity contribution in [3.05, 3.63) is 53.1 Å². The van der Waals surface area contributed by atoms with Gasteiger partial charge in [0.25, 0.3) is 5.91 Å². The minimum atomic E-state index is 0.149. The Morgan fingerprint density at radius 2 is 1.80 bits per heavy atom. The fourth-order valence-electron chi connectivity index (χ4n) is 2.84. The van der Waals surface area contributed by atoms with E-state index in [-0.39, 0.29) is 5.91 Å². The Morgan fingerprint density at radius 3 is 2.45 bits per heavy atom. The first-order chi connectivity index (χ1) is 9.65. The second kappa shape index (κ2) is 5.25. The van der Waals surface area contributed by atoms with E-state index in [4.69, 9.17) is 0 Å². The van der Waals surface area contributed by atoms with Crippen molar-refractivity contribution in [3.8, 4) is 0 Å². The standard InChI is InChI=1S/C17H20N2O/c1-18(2)11-13-7-9-15(10-8-13)19-12-14-5-3-4-6-16(14)17(19)20/h5-10H,3-4,11-12H2,1-2H3. The quantitative estimate of drug-likeness (QED) is 0.841. The molecule has 0 saturated carbocycles. The van der Waals surface area contributed by atoms with Crippen molar-refractivity contribution >= 4 is 11.6 Å². The molecule has 2 aliphatic rings. The average molecular weight is 268 g/mol. The second-order valence-corrected chi connectivity index (χ2v) is 5.72. The van der Waals surface area contributed by atoms with Crippen molar-refractivity contribution in [2.24, 2.45) is 0 Å². The topological polar surface area (TPSA) is 23.6 Å². The van der Waals surface area contributed by atoms with Crippen LogP contribution in [0.5, 0.6) is 0 Å². The number of hydrogen-bond donors (Lipinski definition) is 0. The van der Waals surface area contributed by atoms with E-state index in [0.29, 0.717) is 0 Å². The molecule has 0 aromatic heterocycles. The molecule has 1 aromatic rings. The third kappa shape index (κ3) is 2.41. The molecule has 1 heterocycles. The Morgan fingerprint density at radius 1 is 1.10 bits per heavy atom. The third-order valence-electron chi connectivity index (χ3n) is 3.80. The molecule has 3 rings (SSSR count). The number of nitrogens with zero attached hydrogens (tertiary/aromatic N) is 2. The van der Waals surface area contributed by atoms with Crippen LogP contribution < -0.4 is 4.90 Å². The zero-order valence-corrected chi connectivity index (χ0v) is 12.1. The molecule has 0 unspecified atom stereocenters. The molecule has 1 aromatic carbocycles. The molecule has 1 aliphatic heterocycles. The average Bonchev–Trinajstić information content (AvgIpc) is 2.77. The minimum Gasteiger partial charge on any atom is -0.305 e. The molecule has 20 heavy (non-hydrogen) atoms. The number of carbonyl (C=O) groups excluding carboxylic acids is 1. The van der Waals surface area contributed by atoms with Gasteiger partial charge < -0.3 is 9.80 Å². The highest BCUT2D eigenvalue weighted by Crippen LogP contribution is 2.31. The first-order valence-electron chi connectivity index (χ1n) is 7.10. The van der Waals surface area contributed by atoms with Crippen molar-refractivity contribution in [2.45, 2.75) is 19.4 Å². The van der Waals surface area contributed by atoms with Gasteiger partial charge >= 0.3 is 0 Å². The summed E-state index contributed by atoms with van der Waals surface area (Å²) in [7, 11) is 4.11. The molecule has 1 aliphatic carbocycles. The monoisotopic (exact) mass is 268 g/mol. The molecule has 0 bridgehead atoms. The molecule has 1 fully saturated rings. The van der Waals surface area contributed by atoms with E-state index in [1.54, 1.807) is 0 Å². The van der Waals surface area contributed by atoms with E-state index in [1.807, 2.05) is 4.90 Å². The lowest BCUT2D eigenvalue weighted by atomic mass is 10.0. The van der Waals surface area contributed by atoms with Crippen LogP contribution in [0.3, 0.4) is 0 Å². The van der Waals surface area contributed by atoms with Crippen molar-refractivity contribution < 1.29 is 4.79 Å². The zero-order chi connectivity index (χ0) is 14.1. The SMILES string of the molecule is CN(C)Cc1ccc(N2CC3=CCCC=C3C2=O)cc1. The van der Waals surface area contributed by atoms with Crippen molar-refractivity contribution in [2.75, 3.05) is 25.5 Å². The maximum atomic E-state index is 12.4. The highest BCUT2D eigenvalue weighted by atomic mass is 16.2. The van der Waals surface area contributed by atoms with Gasteiger partial charge in [-0.3, -0.25) is 4.79 Å². The lowest BCUT2D eigenvalue weighted by molar-refractivity contribution is -0.114. The maximum absolute atomic E-state index is 12.4. The Kier molecular flexibility index (Phi) is 3.45. The van der Waals surface area contributed by atoms with Crippen LogP contribution in [-0.4, -0.2) is 31.4 Å². The van der Waals surface area contributed by atoms with Gasteiger partial charge in [-0.25, -0.2) is 0 Å². The van der Waals surface area contributed by atoms with Crippen LogP contribution in [0.25, 0.3) is 0 Å². The number of benzene rings is 1. The van der Waals surface area contributed by atoms with E-state index < -0.39 is 0 Å². The predicted octanol–water partition coefficient (Wildman–Crippen LogP) is 2.74. The highest BCUT2D eigenvalue weighted by Gasteiger charge is 2.31. The third-order valence-corrected chi connectivity index (χ3v) is 3.80. The number of hydrogen-bond acceptors (Lipinski definition) is 2. The lowest BCUT2D eigenvalue weighted by Crippen LogP contribution is -2.24. The van der Waals surface area contributed by atoms with E-state index in [9.17, 15) is 4.79 Å². The van der Waals surface area contributed by atoms with E-state index in [0.717, 1.165) is 37.2 Å². The van der Waals surface area contributed by atoms with Crippen LogP contribution >= 0.6 is 0 Å². The molecular weight excluding hydrogens is 248 g/mol. The summed E-state index contributed by atoms with van der Waals surface area (Å²) < 4.78 is 0. The molecule has 0 atom stereocenters. The van der Waals surface area contributed by atoms with Crippen LogP contribution in [0.2, 0.25) is 0 Å². The molecular formula is C17H20N2O.